The largest absolute Gasteiger partial charge is 0.394 e. The lowest BCUT2D eigenvalue weighted by Crippen LogP contribution is -2.58. The van der Waals surface area contributed by atoms with Gasteiger partial charge in [0, 0.05) is 35.4 Å². The number of aliphatic hydroxyl groups is 1. The van der Waals surface area contributed by atoms with E-state index in [0.717, 1.165) is 11.3 Å². The van der Waals surface area contributed by atoms with Gasteiger partial charge in [0.05, 0.1) is 29.2 Å². The summed E-state index contributed by atoms with van der Waals surface area (Å²) >= 11 is 5.48. The van der Waals surface area contributed by atoms with Gasteiger partial charge in [-0.1, -0.05) is 90.5 Å². The summed E-state index contributed by atoms with van der Waals surface area (Å²) in [6, 6.07) is 17.8. The predicted molar refractivity (Wildman–Crippen MR) is 176 cm³/mol. The molecule has 228 valence electrons. The van der Waals surface area contributed by atoms with Crippen LogP contribution in [0.15, 0.2) is 86.0 Å². The molecule has 1 N–H and O–H groups in total. The van der Waals surface area contributed by atoms with Crippen molar-refractivity contribution in [3.8, 4) is 0 Å². The van der Waals surface area contributed by atoms with Crippen LogP contribution in [-0.2, 0) is 20.9 Å². The number of aliphatic hydroxyl groups excluding tert-OH is 1. The first-order valence-electron chi connectivity index (χ1n) is 14.9. The number of carbonyl (C=O) groups excluding carboxylic acids is 3. The zero-order chi connectivity index (χ0) is 30.9. The van der Waals surface area contributed by atoms with Gasteiger partial charge in [-0.3, -0.25) is 14.4 Å². The van der Waals surface area contributed by atoms with Gasteiger partial charge in [0.25, 0.3) is 0 Å². The summed E-state index contributed by atoms with van der Waals surface area (Å²) in [5.74, 6) is -1.96. The number of nitrogens with zero attached hydrogens (tertiary/aromatic N) is 3. The molecule has 0 aliphatic carbocycles. The van der Waals surface area contributed by atoms with Crippen LogP contribution in [0.5, 0.6) is 0 Å². The Hall–Kier alpha value is -2.88. The SMILES string of the molecule is C=CCN(Cc1ccccc1)C(=O)C1N([C@@H](CO)C(C)C)C(=O)[C@@H]2[C@H](C(=O)N(CC=C)c3ccccc3)[C@H]3SC12CC3Br. The standard InChI is InChI=1S/C34H40BrN3O4S/c1-5-17-36(20-23-13-9-7-10-14-23)33(42)30-34-19-25(35)29(43-34)27(28(34)32(41)38(30)26(21-39)22(3)4)31(40)37(18-6-2)24-15-11-8-12-16-24/h5-16,22,25-30,39H,1-2,17-21H2,3-4H3/t25?,26-,27-,28-,29-,30?,34?/m0/s1. The van der Waals surface area contributed by atoms with Crippen molar-refractivity contribution in [1.82, 2.24) is 9.80 Å². The van der Waals surface area contributed by atoms with Crippen LogP contribution in [0.2, 0.25) is 0 Å². The van der Waals surface area contributed by atoms with E-state index in [9.17, 15) is 19.5 Å². The fourth-order valence-corrected chi connectivity index (χ4v) is 10.8. The summed E-state index contributed by atoms with van der Waals surface area (Å²) in [5.41, 5.74) is 1.72. The fourth-order valence-electron chi connectivity index (χ4n) is 7.21. The molecule has 3 unspecified atom stereocenters. The lowest BCUT2D eigenvalue weighted by molar-refractivity contribution is -0.147. The molecule has 7 nitrogen and oxygen atoms in total. The Bertz CT molecular complexity index is 1360. The highest BCUT2D eigenvalue weighted by molar-refractivity contribution is 9.09. The Balaban J connectivity index is 1.60. The Kier molecular flexibility index (Phi) is 9.54. The summed E-state index contributed by atoms with van der Waals surface area (Å²) in [6.45, 7) is 12.4. The molecule has 0 radical (unpaired) electrons. The van der Waals surface area contributed by atoms with Gasteiger partial charge in [-0.2, -0.15) is 0 Å². The van der Waals surface area contributed by atoms with Crippen LogP contribution >= 0.6 is 27.7 Å². The first-order chi connectivity index (χ1) is 20.7. The van der Waals surface area contributed by atoms with Crippen molar-refractivity contribution in [3.63, 3.8) is 0 Å². The van der Waals surface area contributed by atoms with Crippen LogP contribution in [0.1, 0.15) is 25.8 Å². The van der Waals surface area contributed by atoms with Gasteiger partial charge in [0.15, 0.2) is 0 Å². The highest BCUT2D eigenvalue weighted by Crippen LogP contribution is 2.68. The number of thioether (sulfide) groups is 1. The lowest BCUT2D eigenvalue weighted by atomic mass is 9.70. The van der Waals surface area contributed by atoms with Gasteiger partial charge >= 0.3 is 0 Å². The smallest absolute Gasteiger partial charge is 0.247 e. The minimum absolute atomic E-state index is 0.0549. The molecule has 0 aromatic heterocycles. The zero-order valence-electron chi connectivity index (χ0n) is 24.7. The number of alkyl halides is 1. The van der Waals surface area contributed by atoms with Crippen LogP contribution in [0.25, 0.3) is 0 Å². The van der Waals surface area contributed by atoms with Crippen LogP contribution in [0.4, 0.5) is 5.69 Å². The molecule has 43 heavy (non-hydrogen) atoms. The summed E-state index contributed by atoms with van der Waals surface area (Å²) in [6.07, 6.45) is 3.97. The molecule has 2 aromatic carbocycles. The molecule has 3 amide bonds. The van der Waals surface area contributed by atoms with Crippen molar-refractivity contribution >= 4 is 51.1 Å². The second-order valence-electron chi connectivity index (χ2n) is 12.0. The molecule has 2 bridgehead atoms. The van der Waals surface area contributed by atoms with Crippen molar-refractivity contribution in [2.75, 3.05) is 24.6 Å². The van der Waals surface area contributed by atoms with E-state index in [1.807, 2.05) is 74.5 Å². The summed E-state index contributed by atoms with van der Waals surface area (Å²) < 4.78 is -0.817. The molecule has 3 heterocycles. The van der Waals surface area contributed by atoms with E-state index in [4.69, 9.17) is 0 Å². The second kappa shape index (κ2) is 13.0. The van der Waals surface area contributed by atoms with Gasteiger partial charge in [-0.15, -0.1) is 24.9 Å². The number of carbonyl (C=O) groups is 3. The Morgan fingerprint density at radius 1 is 1.07 bits per heavy atom. The van der Waals surface area contributed by atoms with Crippen molar-refractivity contribution in [2.24, 2.45) is 17.8 Å². The van der Waals surface area contributed by atoms with E-state index in [-0.39, 0.29) is 40.3 Å². The van der Waals surface area contributed by atoms with Gasteiger partial charge in [-0.05, 0) is 30.0 Å². The van der Waals surface area contributed by atoms with E-state index >= 15 is 0 Å². The van der Waals surface area contributed by atoms with Crippen LogP contribution in [-0.4, -0.2) is 79.2 Å². The van der Waals surface area contributed by atoms with Gasteiger partial charge in [0.1, 0.15) is 6.04 Å². The van der Waals surface area contributed by atoms with Crippen LogP contribution < -0.4 is 4.90 Å². The number of amides is 3. The third-order valence-electron chi connectivity index (χ3n) is 9.08. The Morgan fingerprint density at radius 2 is 1.70 bits per heavy atom. The average Bonchev–Trinajstić information content (AvgIpc) is 3.60. The van der Waals surface area contributed by atoms with E-state index in [2.05, 4.69) is 29.1 Å². The van der Waals surface area contributed by atoms with Crippen molar-refractivity contribution in [2.45, 2.75) is 53.7 Å². The molecule has 1 spiro atoms. The first kappa shape index (κ1) is 31.5. The van der Waals surface area contributed by atoms with E-state index in [1.165, 1.54) is 0 Å². The molecule has 3 saturated heterocycles. The molecular weight excluding hydrogens is 626 g/mol. The fraction of sp³-hybridized carbons (Fsp3) is 0.441. The third kappa shape index (κ3) is 5.49. The monoisotopic (exact) mass is 665 g/mol. The summed E-state index contributed by atoms with van der Waals surface area (Å²) in [5, 5.41) is 10.4. The number of hydrogen-bond acceptors (Lipinski definition) is 5. The minimum Gasteiger partial charge on any atom is -0.394 e. The number of rotatable bonds is 12. The molecule has 7 atom stereocenters. The number of likely N-dealkylation sites (tertiary alicyclic amines) is 1. The highest BCUT2D eigenvalue weighted by atomic mass is 79.9. The number of para-hydroxylation sites is 1. The van der Waals surface area contributed by atoms with Crippen LogP contribution in [0.3, 0.4) is 0 Å². The minimum atomic E-state index is -0.828. The number of hydrogen-bond donors (Lipinski definition) is 1. The molecule has 9 heteroatoms. The van der Waals surface area contributed by atoms with Gasteiger partial charge in [0.2, 0.25) is 17.7 Å². The maximum atomic E-state index is 14.8. The van der Waals surface area contributed by atoms with Crippen molar-refractivity contribution in [3.05, 3.63) is 91.5 Å². The van der Waals surface area contributed by atoms with Crippen molar-refractivity contribution < 1.29 is 19.5 Å². The quantitative estimate of drug-likeness (QED) is 0.258. The number of halogens is 1. The molecule has 0 saturated carbocycles. The molecule has 3 aliphatic heterocycles. The summed E-state index contributed by atoms with van der Waals surface area (Å²) in [4.78, 5) is 49.0. The van der Waals surface area contributed by atoms with Gasteiger partial charge < -0.3 is 19.8 Å². The third-order valence-corrected chi connectivity index (χ3v) is 12.3. The highest BCUT2D eigenvalue weighted by Gasteiger charge is 2.76. The number of benzene rings is 2. The van der Waals surface area contributed by atoms with Gasteiger partial charge in [-0.25, -0.2) is 0 Å². The molecule has 3 aliphatic rings. The van der Waals surface area contributed by atoms with Crippen LogP contribution in [0, 0.1) is 17.8 Å². The van der Waals surface area contributed by atoms with E-state index in [0.29, 0.717) is 26.1 Å². The molecular formula is C34H40BrN3O4S. The Labute approximate surface area is 267 Å². The van der Waals surface area contributed by atoms with E-state index < -0.39 is 28.7 Å². The number of anilines is 1. The van der Waals surface area contributed by atoms with Crippen molar-refractivity contribution in [1.29, 1.82) is 0 Å². The zero-order valence-corrected chi connectivity index (χ0v) is 27.1. The molecule has 3 fully saturated rings. The lowest BCUT2D eigenvalue weighted by Gasteiger charge is -2.41. The molecule has 5 rings (SSSR count). The molecule has 2 aromatic rings. The topological polar surface area (TPSA) is 81.2 Å². The second-order valence-corrected chi connectivity index (χ2v) is 14.7. The average molecular weight is 667 g/mol. The Morgan fingerprint density at radius 3 is 2.28 bits per heavy atom. The maximum absolute atomic E-state index is 14.8. The first-order valence-corrected chi connectivity index (χ1v) is 16.7. The summed E-state index contributed by atoms with van der Waals surface area (Å²) in [7, 11) is 0. The normalized spacial score (nSPS) is 28.1. The van der Waals surface area contributed by atoms with E-state index in [1.54, 1.807) is 38.6 Å². The number of fused-ring (bicyclic) bond motifs is 1. The predicted octanol–water partition coefficient (Wildman–Crippen LogP) is 4.90. The maximum Gasteiger partial charge on any atom is 0.247 e.